The fraction of sp³-hybridized carbons (Fsp3) is 0.364. The van der Waals surface area contributed by atoms with Gasteiger partial charge in [-0.1, -0.05) is 30.0 Å². The van der Waals surface area contributed by atoms with Crippen molar-refractivity contribution < 1.29 is 4.74 Å². The van der Waals surface area contributed by atoms with Gasteiger partial charge >= 0.3 is 0 Å². The Hall–Kier alpha value is -2.84. The minimum atomic E-state index is 0.419. The van der Waals surface area contributed by atoms with E-state index in [9.17, 15) is 0 Å². The van der Waals surface area contributed by atoms with Crippen molar-refractivity contribution in [3.05, 3.63) is 53.0 Å². The SMILES string of the molecule is Cc1nc2c(N)nc3c(c2n1CCOCC#Cc1ccccc1)CCCC3. The summed E-state index contributed by atoms with van der Waals surface area (Å²) in [5, 5.41) is 0. The first kappa shape index (κ1) is 17.6. The molecule has 1 aliphatic carbocycles. The minimum absolute atomic E-state index is 0.419. The van der Waals surface area contributed by atoms with Crippen LogP contribution in [0.15, 0.2) is 30.3 Å². The van der Waals surface area contributed by atoms with E-state index in [1.54, 1.807) is 0 Å². The molecule has 3 aromatic rings. The Bertz CT molecular complexity index is 1010. The lowest BCUT2D eigenvalue weighted by molar-refractivity contribution is 0.158. The van der Waals surface area contributed by atoms with Crippen LogP contribution in [-0.4, -0.2) is 27.7 Å². The lowest BCUT2D eigenvalue weighted by atomic mass is 9.95. The van der Waals surface area contributed by atoms with Crippen LogP contribution in [-0.2, 0) is 24.1 Å². The number of anilines is 1. The molecule has 1 aromatic carbocycles. The number of hydrogen-bond acceptors (Lipinski definition) is 4. The van der Waals surface area contributed by atoms with Crippen molar-refractivity contribution in [2.75, 3.05) is 18.9 Å². The lowest BCUT2D eigenvalue weighted by Gasteiger charge is -2.18. The number of aryl methyl sites for hydroxylation is 3. The quantitative estimate of drug-likeness (QED) is 0.573. The van der Waals surface area contributed by atoms with Gasteiger partial charge in [-0.3, -0.25) is 0 Å². The van der Waals surface area contributed by atoms with Gasteiger partial charge in [-0.2, -0.15) is 0 Å². The van der Waals surface area contributed by atoms with Gasteiger partial charge in [-0.15, -0.1) is 0 Å². The second-order valence-electron chi connectivity index (χ2n) is 6.86. The third kappa shape index (κ3) is 3.67. The van der Waals surface area contributed by atoms with Gasteiger partial charge in [-0.25, -0.2) is 9.97 Å². The van der Waals surface area contributed by atoms with Gasteiger partial charge in [0.15, 0.2) is 5.82 Å². The summed E-state index contributed by atoms with van der Waals surface area (Å²) in [5.41, 5.74) is 11.6. The van der Waals surface area contributed by atoms with E-state index in [0.29, 0.717) is 19.0 Å². The van der Waals surface area contributed by atoms with Gasteiger partial charge in [-0.05, 0) is 50.3 Å². The van der Waals surface area contributed by atoms with E-state index in [-0.39, 0.29) is 0 Å². The molecule has 0 radical (unpaired) electrons. The van der Waals surface area contributed by atoms with Gasteiger partial charge in [0.25, 0.3) is 0 Å². The normalized spacial score (nSPS) is 13.2. The highest BCUT2D eigenvalue weighted by atomic mass is 16.5. The molecule has 5 nitrogen and oxygen atoms in total. The smallest absolute Gasteiger partial charge is 0.151 e. The van der Waals surface area contributed by atoms with Crippen molar-refractivity contribution in [1.29, 1.82) is 0 Å². The number of hydrogen-bond donors (Lipinski definition) is 1. The van der Waals surface area contributed by atoms with E-state index in [1.807, 2.05) is 37.3 Å². The van der Waals surface area contributed by atoms with Crippen LogP contribution in [0.5, 0.6) is 0 Å². The van der Waals surface area contributed by atoms with Crippen LogP contribution >= 0.6 is 0 Å². The number of imidazole rings is 1. The molecule has 0 fully saturated rings. The molecule has 2 heterocycles. The number of nitrogen functional groups attached to an aromatic ring is 1. The fourth-order valence-corrected chi connectivity index (χ4v) is 3.73. The number of fused-ring (bicyclic) bond motifs is 3. The Labute approximate surface area is 159 Å². The van der Waals surface area contributed by atoms with E-state index in [2.05, 4.69) is 26.4 Å². The first-order valence-electron chi connectivity index (χ1n) is 9.50. The molecule has 1 aliphatic rings. The number of rotatable bonds is 4. The molecule has 0 saturated heterocycles. The summed E-state index contributed by atoms with van der Waals surface area (Å²) in [5.74, 6) is 7.67. The predicted molar refractivity (Wildman–Crippen MR) is 107 cm³/mol. The number of pyridine rings is 1. The van der Waals surface area contributed by atoms with Crippen LogP contribution in [0.1, 0.15) is 35.5 Å². The average molecular weight is 360 g/mol. The van der Waals surface area contributed by atoms with E-state index in [1.165, 1.54) is 18.4 Å². The lowest BCUT2D eigenvalue weighted by Crippen LogP contribution is -2.13. The number of nitrogens with zero attached hydrogens (tertiary/aromatic N) is 3. The topological polar surface area (TPSA) is 66.0 Å². The number of ether oxygens (including phenoxy) is 1. The highest BCUT2D eigenvalue weighted by molar-refractivity contribution is 5.89. The number of nitrogens with two attached hydrogens (primary N) is 1. The highest BCUT2D eigenvalue weighted by Gasteiger charge is 2.21. The first-order chi connectivity index (χ1) is 13.2. The molecular formula is C22H24N4O. The maximum atomic E-state index is 6.18. The molecule has 0 aliphatic heterocycles. The largest absolute Gasteiger partial charge is 0.382 e. The molecule has 0 unspecified atom stereocenters. The summed E-state index contributed by atoms with van der Waals surface area (Å²) in [6, 6.07) is 9.95. The fourth-order valence-electron chi connectivity index (χ4n) is 3.73. The monoisotopic (exact) mass is 360 g/mol. The summed E-state index contributed by atoms with van der Waals surface area (Å²) in [6.07, 6.45) is 4.43. The zero-order chi connectivity index (χ0) is 18.6. The molecule has 0 amide bonds. The number of benzene rings is 1. The molecule has 2 N–H and O–H groups in total. The zero-order valence-corrected chi connectivity index (χ0v) is 15.7. The van der Waals surface area contributed by atoms with E-state index >= 15 is 0 Å². The molecule has 27 heavy (non-hydrogen) atoms. The maximum absolute atomic E-state index is 6.18. The molecule has 0 atom stereocenters. The Balaban J connectivity index is 1.47. The third-order valence-electron chi connectivity index (χ3n) is 5.02. The van der Waals surface area contributed by atoms with Gasteiger partial charge in [0, 0.05) is 17.8 Å². The molecule has 2 aromatic heterocycles. The van der Waals surface area contributed by atoms with Gasteiger partial charge in [0.2, 0.25) is 0 Å². The van der Waals surface area contributed by atoms with E-state index < -0.39 is 0 Å². The van der Waals surface area contributed by atoms with Gasteiger partial charge < -0.3 is 15.0 Å². The molecule has 0 saturated carbocycles. The Morgan fingerprint density at radius 3 is 2.81 bits per heavy atom. The van der Waals surface area contributed by atoms with Crippen LogP contribution < -0.4 is 5.73 Å². The van der Waals surface area contributed by atoms with E-state index in [4.69, 9.17) is 10.5 Å². The van der Waals surface area contributed by atoms with Crippen LogP contribution in [0.25, 0.3) is 11.0 Å². The summed E-state index contributed by atoms with van der Waals surface area (Å²) in [4.78, 5) is 9.27. The van der Waals surface area contributed by atoms with Crippen molar-refractivity contribution >= 4 is 16.9 Å². The summed E-state index contributed by atoms with van der Waals surface area (Å²) in [7, 11) is 0. The third-order valence-corrected chi connectivity index (χ3v) is 5.02. The maximum Gasteiger partial charge on any atom is 0.151 e. The summed E-state index contributed by atoms with van der Waals surface area (Å²) < 4.78 is 7.96. The van der Waals surface area contributed by atoms with Gasteiger partial charge in [0.05, 0.1) is 12.1 Å². The van der Waals surface area contributed by atoms with Crippen molar-refractivity contribution in [3.63, 3.8) is 0 Å². The van der Waals surface area contributed by atoms with Crippen molar-refractivity contribution in [1.82, 2.24) is 14.5 Å². The highest BCUT2D eigenvalue weighted by Crippen LogP contribution is 2.31. The number of aromatic nitrogens is 3. The van der Waals surface area contributed by atoms with E-state index in [0.717, 1.165) is 47.5 Å². The van der Waals surface area contributed by atoms with Crippen molar-refractivity contribution in [3.8, 4) is 11.8 Å². The molecule has 0 bridgehead atoms. The Kier molecular flexibility index (Phi) is 5.08. The van der Waals surface area contributed by atoms with Crippen LogP contribution in [0.2, 0.25) is 0 Å². The Morgan fingerprint density at radius 1 is 1.15 bits per heavy atom. The second kappa shape index (κ2) is 7.81. The first-order valence-corrected chi connectivity index (χ1v) is 9.50. The van der Waals surface area contributed by atoms with Gasteiger partial charge in [0.1, 0.15) is 17.9 Å². The van der Waals surface area contributed by atoms with Crippen molar-refractivity contribution in [2.24, 2.45) is 0 Å². The minimum Gasteiger partial charge on any atom is -0.382 e. The summed E-state index contributed by atoms with van der Waals surface area (Å²) >= 11 is 0. The standard InChI is InChI=1S/C22H24N4O/c1-16-24-20-21(18-11-5-6-12-19(18)25-22(20)23)26(16)13-15-27-14-7-10-17-8-3-2-4-9-17/h2-4,8-9H,5-6,11-15H2,1H3,(H2,23,25). The Morgan fingerprint density at radius 2 is 1.96 bits per heavy atom. The average Bonchev–Trinajstić information content (AvgIpc) is 3.03. The predicted octanol–water partition coefficient (Wildman–Crippen LogP) is 3.27. The molecule has 0 spiro atoms. The second-order valence-corrected chi connectivity index (χ2v) is 6.86. The van der Waals surface area contributed by atoms with Crippen LogP contribution in [0, 0.1) is 18.8 Å². The molecule has 138 valence electrons. The van der Waals surface area contributed by atoms with Crippen LogP contribution in [0.4, 0.5) is 5.82 Å². The zero-order valence-electron chi connectivity index (χ0n) is 15.7. The van der Waals surface area contributed by atoms with Crippen molar-refractivity contribution in [2.45, 2.75) is 39.2 Å². The molecular weight excluding hydrogens is 336 g/mol. The molecule has 5 heteroatoms. The molecule has 4 rings (SSSR count). The summed E-state index contributed by atoms with van der Waals surface area (Å²) in [6.45, 7) is 3.77. The van der Waals surface area contributed by atoms with Crippen LogP contribution in [0.3, 0.4) is 0 Å².